The van der Waals surface area contributed by atoms with Crippen molar-refractivity contribution >= 4 is 50.7 Å². The van der Waals surface area contributed by atoms with Crippen LogP contribution >= 0.6 is 23.2 Å². The minimum Gasteiger partial charge on any atom is -0.355 e. The molecule has 0 aliphatic heterocycles. The van der Waals surface area contributed by atoms with Gasteiger partial charge in [0.2, 0.25) is 21.8 Å². The zero-order chi connectivity index (χ0) is 28.4. The molecule has 10 heteroatoms. The van der Waals surface area contributed by atoms with Crippen LogP contribution in [0.15, 0.2) is 78.9 Å². The molecule has 2 amide bonds. The van der Waals surface area contributed by atoms with Crippen LogP contribution in [0.4, 0.5) is 5.69 Å². The number of sulfonamides is 1. The lowest BCUT2D eigenvalue weighted by Crippen LogP contribution is -2.50. The number of carbonyl (C=O) groups excluding carboxylic acids is 2. The lowest BCUT2D eigenvalue weighted by Gasteiger charge is -2.32. The Morgan fingerprint density at radius 3 is 2.21 bits per heavy atom. The Morgan fingerprint density at radius 2 is 1.59 bits per heavy atom. The van der Waals surface area contributed by atoms with Gasteiger partial charge in [0.25, 0.3) is 0 Å². The van der Waals surface area contributed by atoms with Gasteiger partial charge < -0.3 is 10.2 Å². The van der Waals surface area contributed by atoms with E-state index in [-0.39, 0.29) is 37.7 Å². The zero-order valence-electron chi connectivity index (χ0n) is 22.0. The van der Waals surface area contributed by atoms with Gasteiger partial charge >= 0.3 is 0 Å². The van der Waals surface area contributed by atoms with E-state index in [0.717, 1.165) is 17.4 Å². The highest BCUT2D eigenvalue weighted by molar-refractivity contribution is 7.92. The number of anilines is 1. The summed E-state index contributed by atoms with van der Waals surface area (Å²) in [6.45, 7) is 2.55. The van der Waals surface area contributed by atoms with E-state index in [4.69, 9.17) is 23.2 Å². The molecule has 0 fully saturated rings. The average Bonchev–Trinajstić information content (AvgIpc) is 2.89. The summed E-state index contributed by atoms with van der Waals surface area (Å²) in [7, 11) is -3.61. The second-order valence-electron chi connectivity index (χ2n) is 9.17. The summed E-state index contributed by atoms with van der Waals surface area (Å²) in [5.74, 6) is -0.503. The maximum Gasteiger partial charge on any atom is 0.243 e. The molecule has 1 atom stereocenters. The Hall–Kier alpha value is -3.07. The second kappa shape index (κ2) is 14.4. The lowest BCUT2D eigenvalue weighted by atomic mass is 10.0. The van der Waals surface area contributed by atoms with Crippen molar-refractivity contribution in [2.75, 3.05) is 23.7 Å². The van der Waals surface area contributed by atoms with Crippen LogP contribution in [0.25, 0.3) is 0 Å². The van der Waals surface area contributed by atoms with E-state index in [1.54, 1.807) is 41.3 Å². The molecule has 0 bridgehead atoms. The Kier molecular flexibility index (Phi) is 11.2. The predicted molar refractivity (Wildman–Crippen MR) is 157 cm³/mol. The highest BCUT2D eigenvalue weighted by Crippen LogP contribution is 2.23. The van der Waals surface area contributed by atoms with Gasteiger partial charge in [0.1, 0.15) is 6.04 Å². The van der Waals surface area contributed by atoms with Crippen molar-refractivity contribution in [3.63, 3.8) is 0 Å². The smallest absolute Gasteiger partial charge is 0.243 e. The minimum atomic E-state index is -3.61. The third kappa shape index (κ3) is 9.27. The number of hydrogen-bond acceptors (Lipinski definition) is 4. The number of nitrogens with one attached hydrogen (secondary N) is 1. The molecule has 39 heavy (non-hydrogen) atoms. The fourth-order valence-electron chi connectivity index (χ4n) is 4.27. The van der Waals surface area contributed by atoms with Gasteiger partial charge in [-0.15, -0.1) is 0 Å². The molecule has 7 nitrogen and oxygen atoms in total. The Bertz CT molecular complexity index is 1350. The second-order valence-corrected chi connectivity index (χ2v) is 11.9. The molecule has 0 aliphatic carbocycles. The number of halogens is 2. The summed E-state index contributed by atoms with van der Waals surface area (Å²) in [5.41, 5.74) is 2.18. The molecule has 0 unspecified atom stereocenters. The standard InChI is InChI=1S/C29H33Cl2N3O4S/c1-3-32-29(36)27(19-22-9-5-4-6-10-22)33(21-23-14-16-24(30)17-15-23)28(35)13-8-18-34(39(2,37)38)26-12-7-11-25(31)20-26/h4-7,9-12,14-17,20,27H,3,8,13,18-19,21H2,1-2H3,(H,32,36)/t27-/m0/s1. The minimum absolute atomic E-state index is 0.0465. The quantitative estimate of drug-likeness (QED) is 0.292. The van der Waals surface area contributed by atoms with Crippen molar-refractivity contribution in [2.24, 2.45) is 0 Å². The fraction of sp³-hybridized carbons (Fsp3) is 0.310. The Labute approximate surface area is 240 Å². The molecule has 0 radical (unpaired) electrons. The van der Waals surface area contributed by atoms with Crippen molar-refractivity contribution in [3.8, 4) is 0 Å². The number of likely N-dealkylation sites (N-methyl/N-ethyl adjacent to an activating group) is 1. The molecule has 0 aromatic heterocycles. The number of carbonyl (C=O) groups is 2. The van der Waals surface area contributed by atoms with Crippen LogP contribution in [0, 0.1) is 0 Å². The van der Waals surface area contributed by atoms with Gasteiger partial charge in [-0.25, -0.2) is 8.42 Å². The largest absolute Gasteiger partial charge is 0.355 e. The van der Waals surface area contributed by atoms with Gasteiger partial charge in [0, 0.05) is 42.5 Å². The van der Waals surface area contributed by atoms with Crippen molar-refractivity contribution in [2.45, 2.75) is 38.8 Å². The first kappa shape index (κ1) is 30.5. The van der Waals surface area contributed by atoms with Gasteiger partial charge in [-0.3, -0.25) is 13.9 Å². The molecular weight excluding hydrogens is 557 g/mol. The Balaban J connectivity index is 1.85. The molecule has 3 aromatic rings. The first-order valence-electron chi connectivity index (χ1n) is 12.7. The monoisotopic (exact) mass is 589 g/mol. The predicted octanol–water partition coefficient (Wildman–Crippen LogP) is 5.32. The van der Waals surface area contributed by atoms with E-state index in [9.17, 15) is 18.0 Å². The molecule has 0 spiro atoms. The first-order chi connectivity index (χ1) is 18.6. The molecule has 0 aliphatic rings. The summed E-state index contributed by atoms with van der Waals surface area (Å²) in [6.07, 6.45) is 1.76. The Morgan fingerprint density at radius 1 is 0.897 bits per heavy atom. The normalized spacial score (nSPS) is 12.0. The fourth-order valence-corrected chi connectivity index (χ4v) is 5.54. The van der Waals surface area contributed by atoms with Crippen LogP contribution in [-0.4, -0.2) is 50.5 Å². The topological polar surface area (TPSA) is 86.8 Å². The molecule has 1 N–H and O–H groups in total. The summed E-state index contributed by atoms with van der Waals surface area (Å²) in [5, 5.41) is 3.85. The van der Waals surface area contributed by atoms with E-state index in [1.165, 1.54) is 4.31 Å². The number of benzene rings is 3. The number of hydrogen-bond donors (Lipinski definition) is 1. The summed E-state index contributed by atoms with van der Waals surface area (Å²) < 4.78 is 26.3. The third-order valence-corrected chi connectivity index (χ3v) is 7.82. The van der Waals surface area contributed by atoms with Crippen LogP contribution in [0.3, 0.4) is 0 Å². The van der Waals surface area contributed by atoms with Crippen molar-refractivity contribution in [3.05, 3.63) is 100 Å². The first-order valence-corrected chi connectivity index (χ1v) is 15.3. The summed E-state index contributed by atoms with van der Waals surface area (Å²) >= 11 is 12.1. The van der Waals surface area contributed by atoms with E-state index in [1.807, 2.05) is 49.4 Å². The molecule has 0 heterocycles. The molecule has 0 saturated heterocycles. The van der Waals surface area contributed by atoms with Crippen LogP contribution < -0.4 is 9.62 Å². The third-order valence-electron chi connectivity index (χ3n) is 6.14. The SMILES string of the molecule is CCNC(=O)[C@H](Cc1ccccc1)N(Cc1ccc(Cl)cc1)C(=O)CCCN(c1cccc(Cl)c1)S(C)(=O)=O. The van der Waals surface area contributed by atoms with Crippen molar-refractivity contribution in [1.29, 1.82) is 0 Å². The van der Waals surface area contributed by atoms with Gasteiger partial charge in [-0.1, -0.05) is 71.7 Å². The molecule has 208 valence electrons. The molecule has 0 saturated carbocycles. The molecule has 3 aromatic carbocycles. The highest BCUT2D eigenvalue weighted by Gasteiger charge is 2.30. The maximum absolute atomic E-state index is 13.7. The van der Waals surface area contributed by atoms with Crippen LogP contribution in [0.1, 0.15) is 30.9 Å². The number of amides is 2. The summed E-state index contributed by atoms with van der Waals surface area (Å²) in [4.78, 5) is 28.5. The van der Waals surface area contributed by atoms with Crippen LogP contribution in [-0.2, 0) is 32.6 Å². The molecular formula is C29H33Cl2N3O4S. The maximum atomic E-state index is 13.7. The van der Waals surface area contributed by atoms with Crippen LogP contribution in [0.5, 0.6) is 0 Å². The van der Waals surface area contributed by atoms with Crippen LogP contribution in [0.2, 0.25) is 10.0 Å². The van der Waals surface area contributed by atoms with Crippen molar-refractivity contribution < 1.29 is 18.0 Å². The summed E-state index contributed by atoms with van der Waals surface area (Å²) in [6, 6.07) is 22.5. The van der Waals surface area contributed by atoms with Gasteiger partial charge in [-0.05, 0) is 54.8 Å². The van der Waals surface area contributed by atoms with Gasteiger partial charge in [-0.2, -0.15) is 0 Å². The van der Waals surface area contributed by atoms with Gasteiger partial charge in [0.05, 0.1) is 11.9 Å². The zero-order valence-corrected chi connectivity index (χ0v) is 24.3. The lowest BCUT2D eigenvalue weighted by molar-refractivity contribution is -0.141. The highest BCUT2D eigenvalue weighted by atomic mass is 35.5. The average molecular weight is 591 g/mol. The van der Waals surface area contributed by atoms with E-state index < -0.39 is 16.1 Å². The van der Waals surface area contributed by atoms with E-state index in [2.05, 4.69) is 5.32 Å². The van der Waals surface area contributed by atoms with Crippen molar-refractivity contribution in [1.82, 2.24) is 10.2 Å². The number of nitrogens with zero attached hydrogens (tertiary/aromatic N) is 2. The number of rotatable bonds is 13. The molecule has 3 rings (SSSR count). The van der Waals surface area contributed by atoms with E-state index in [0.29, 0.717) is 28.7 Å². The van der Waals surface area contributed by atoms with Gasteiger partial charge in [0.15, 0.2) is 0 Å². The van der Waals surface area contributed by atoms with E-state index >= 15 is 0 Å².